The van der Waals surface area contributed by atoms with Gasteiger partial charge in [0.05, 0.1) is 22.8 Å². The van der Waals surface area contributed by atoms with E-state index in [1.54, 1.807) is 6.07 Å². The second-order valence-corrected chi connectivity index (χ2v) is 11.8. The average molecular weight is 563 g/mol. The molecule has 0 saturated heterocycles. The molecule has 2 aromatic carbocycles. The van der Waals surface area contributed by atoms with Gasteiger partial charge in [0, 0.05) is 16.9 Å². The van der Waals surface area contributed by atoms with Crippen LogP contribution in [0.5, 0.6) is 0 Å². The number of anilines is 2. The molecule has 0 fully saturated rings. The Morgan fingerprint density at radius 3 is 1.31 bits per heavy atom. The highest BCUT2D eigenvalue weighted by molar-refractivity contribution is 5.67. The van der Waals surface area contributed by atoms with E-state index in [9.17, 15) is 0 Å². The quantitative estimate of drug-likeness (QED) is 0.204. The van der Waals surface area contributed by atoms with Gasteiger partial charge in [-0.2, -0.15) is 29.8 Å². The lowest BCUT2D eigenvalue weighted by atomic mass is 9.91. The van der Waals surface area contributed by atoms with Gasteiger partial charge in [0.25, 0.3) is 0 Å². The summed E-state index contributed by atoms with van der Waals surface area (Å²) in [4.78, 5) is 8.90. The van der Waals surface area contributed by atoms with Gasteiger partial charge in [0.2, 0.25) is 0 Å². The molecule has 0 atom stereocenters. The summed E-state index contributed by atoms with van der Waals surface area (Å²) < 4.78 is 3.07. The third-order valence-corrected chi connectivity index (χ3v) is 6.33. The summed E-state index contributed by atoms with van der Waals surface area (Å²) in [7, 11) is 0. The third kappa shape index (κ3) is 5.78. The van der Waals surface area contributed by atoms with Crippen LogP contribution in [0.25, 0.3) is 11.6 Å². The van der Waals surface area contributed by atoms with Crippen molar-refractivity contribution >= 4 is 34.4 Å². The van der Waals surface area contributed by atoms with Gasteiger partial charge in [-0.15, -0.1) is 10.2 Å². The Balaban J connectivity index is 1.59. The van der Waals surface area contributed by atoms with Crippen LogP contribution in [0.3, 0.4) is 0 Å². The van der Waals surface area contributed by atoms with Crippen LogP contribution in [0.15, 0.2) is 93.5 Å². The molecule has 5 aromatic rings. The molecule has 0 saturated carbocycles. The van der Waals surface area contributed by atoms with Crippen molar-refractivity contribution in [1.29, 1.82) is 0 Å². The van der Waals surface area contributed by atoms with Crippen LogP contribution < -0.4 is 11.5 Å². The van der Waals surface area contributed by atoms with Crippen molar-refractivity contribution in [3.05, 3.63) is 84.4 Å². The first kappa shape index (κ1) is 28.3. The molecular weight excluding hydrogens is 528 g/mol. The van der Waals surface area contributed by atoms with Crippen LogP contribution in [0, 0.1) is 0 Å². The zero-order chi connectivity index (χ0) is 30.1. The molecule has 5 rings (SSSR count). The number of nitrogens with zero attached hydrogens (tertiary/aromatic N) is 10. The van der Waals surface area contributed by atoms with Crippen LogP contribution >= 0.6 is 0 Å². The minimum Gasteiger partial charge on any atom is -0.382 e. The van der Waals surface area contributed by atoms with Gasteiger partial charge in [-0.1, -0.05) is 77.9 Å². The Morgan fingerprint density at radius 1 is 0.571 bits per heavy atom. The maximum absolute atomic E-state index is 6.61. The summed E-state index contributed by atoms with van der Waals surface area (Å²) in [5.41, 5.74) is 16.2. The Labute approximate surface area is 244 Å². The van der Waals surface area contributed by atoms with E-state index >= 15 is 0 Å². The Morgan fingerprint density at radius 2 is 0.952 bits per heavy atom. The zero-order valence-electron chi connectivity index (χ0n) is 24.6. The SMILES string of the molecule is CC(C)(C)c1nn(-c2cc(-n3nc(C(C)(C)C)c(/N=N/c4ccccc4)c3N)ncn2)c(N)c1/N=N/c1ccccc1. The van der Waals surface area contributed by atoms with Crippen LogP contribution in [0.4, 0.5) is 34.4 Å². The Kier molecular flexibility index (Phi) is 7.38. The number of nitrogen functional groups attached to an aromatic ring is 2. The molecule has 3 heterocycles. The van der Waals surface area contributed by atoms with E-state index in [-0.39, 0.29) is 10.8 Å². The Bertz CT molecular complexity index is 1630. The molecule has 4 N–H and O–H groups in total. The van der Waals surface area contributed by atoms with Gasteiger partial charge >= 0.3 is 0 Å². The minimum atomic E-state index is -0.368. The standard InChI is InChI=1S/C30H34N12/c1-29(2,3)25-23(37-35-19-13-9-7-10-14-19)27(31)41(39-25)21-17-22(34-18-33-21)42-28(32)24(26(40-42)30(4,5)6)38-36-20-15-11-8-12-16-20/h7-18H,31-32H2,1-6H3/b37-35+,38-36+. The summed E-state index contributed by atoms with van der Waals surface area (Å²) in [6, 6.07) is 20.6. The van der Waals surface area contributed by atoms with Gasteiger partial charge in [0.15, 0.2) is 34.6 Å². The summed E-state index contributed by atoms with van der Waals surface area (Å²) in [6.45, 7) is 12.2. The number of azo groups is 2. The Hall–Kier alpha value is -5.26. The van der Waals surface area contributed by atoms with Crippen LogP contribution in [-0.4, -0.2) is 29.5 Å². The number of rotatable bonds is 6. The minimum absolute atomic E-state index is 0.297. The fourth-order valence-corrected chi connectivity index (χ4v) is 4.18. The lowest BCUT2D eigenvalue weighted by Gasteiger charge is -2.15. The first-order chi connectivity index (χ1) is 19.9. The zero-order valence-corrected chi connectivity index (χ0v) is 24.6. The maximum Gasteiger partial charge on any atom is 0.161 e. The average Bonchev–Trinajstić information content (AvgIpc) is 3.48. The summed E-state index contributed by atoms with van der Waals surface area (Å²) in [5, 5.41) is 27.3. The molecule has 0 aliphatic rings. The topological polar surface area (TPSA) is 163 Å². The number of benzene rings is 2. The van der Waals surface area contributed by atoms with Crippen LogP contribution in [-0.2, 0) is 10.8 Å². The first-order valence-corrected chi connectivity index (χ1v) is 13.5. The van der Waals surface area contributed by atoms with Crippen LogP contribution in [0.1, 0.15) is 52.9 Å². The van der Waals surface area contributed by atoms with E-state index < -0.39 is 0 Å². The number of aromatic nitrogens is 6. The van der Waals surface area contributed by atoms with Crippen molar-refractivity contribution in [1.82, 2.24) is 29.5 Å². The van der Waals surface area contributed by atoms with Gasteiger partial charge in [-0.3, -0.25) is 0 Å². The lowest BCUT2D eigenvalue weighted by molar-refractivity contribution is 0.559. The lowest BCUT2D eigenvalue weighted by Crippen LogP contribution is -2.14. The summed E-state index contributed by atoms with van der Waals surface area (Å²) >= 11 is 0. The predicted molar refractivity (Wildman–Crippen MR) is 164 cm³/mol. The fraction of sp³-hybridized carbons (Fsp3) is 0.267. The molecule has 0 amide bonds. The molecule has 0 unspecified atom stereocenters. The van der Waals surface area contributed by atoms with Gasteiger partial charge in [-0.25, -0.2) is 9.97 Å². The number of nitrogens with two attached hydrogens (primary N) is 2. The van der Waals surface area contributed by atoms with Gasteiger partial charge in [0.1, 0.15) is 6.33 Å². The number of hydrogen-bond acceptors (Lipinski definition) is 10. The molecule has 12 heteroatoms. The van der Waals surface area contributed by atoms with Crippen molar-refractivity contribution < 1.29 is 0 Å². The smallest absolute Gasteiger partial charge is 0.161 e. The van der Waals surface area contributed by atoms with Crippen molar-refractivity contribution in [2.45, 2.75) is 52.4 Å². The van der Waals surface area contributed by atoms with E-state index in [4.69, 9.17) is 21.7 Å². The van der Waals surface area contributed by atoms with Crippen molar-refractivity contribution in [2.75, 3.05) is 11.5 Å². The van der Waals surface area contributed by atoms with E-state index in [2.05, 4.69) is 30.4 Å². The first-order valence-electron chi connectivity index (χ1n) is 13.5. The molecule has 12 nitrogen and oxygen atoms in total. The molecule has 0 aliphatic carbocycles. The maximum atomic E-state index is 6.61. The second-order valence-electron chi connectivity index (χ2n) is 11.8. The molecule has 3 aromatic heterocycles. The highest BCUT2D eigenvalue weighted by Gasteiger charge is 2.29. The van der Waals surface area contributed by atoms with E-state index in [1.807, 2.05) is 102 Å². The summed E-state index contributed by atoms with van der Waals surface area (Å²) in [6.07, 6.45) is 1.41. The third-order valence-electron chi connectivity index (χ3n) is 6.33. The highest BCUT2D eigenvalue weighted by Crippen LogP contribution is 2.39. The van der Waals surface area contributed by atoms with Crippen molar-refractivity contribution in [2.24, 2.45) is 20.5 Å². The molecule has 214 valence electrons. The van der Waals surface area contributed by atoms with Crippen LogP contribution in [0.2, 0.25) is 0 Å². The molecule has 0 radical (unpaired) electrons. The number of hydrogen-bond donors (Lipinski definition) is 2. The van der Waals surface area contributed by atoms with Gasteiger partial charge < -0.3 is 11.5 Å². The fourth-order valence-electron chi connectivity index (χ4n) is 4.18. The van der Waals surface area contributed by atoms with Gasteiger partial charge in [-0.05, 0) is 24.3 Å². The molecule has 0 bridgehead atoms. The van der Waals surface area contributed by atoms with E-state index in [0.29, 0.717) is 57.4 Å². The monoisotopic (exact) mass is 562 g/mol. The van der Waals surface area contributed by atoms with Crippen molar-refractivity contribution in [3.63, 3.8) is 0 Å². The molecule has 0 aliphatic heterocycles. The highest BCUT2D eigenvalue weighted by atomic mass is 15.4. The van der Waals surface area contributed by atoms with E-state index in [1.165, 1.54) is 15.7 Å². The summed E-state index contributed by atoms with van der Waals surface area (Å²) in [5.74, 6) is 1.43. The van der Waals surface area contributed by atoms with E-state index in [0.717, 1.165) is 0 Å². The largest absolute Gasteiger partial charge is 0.382 e. The second kappa shape index (κ2) is 11.0. The normalized spacial score (nSPS) is 12.5. The molecule has 42 heavy (non-hydrogen) atoms. The molecular formula is C30H34N12. The predicted octanol–water partition coefficient (Wildman–Crippen LogP) is 7.44. The van der Waals surface area contributed by atoms with Crippen molar-refractivity contribution in [3.8, 4) is 11.6 Å². The molecule has 0 spiro atoms.